The molecule has 1 unspecified atom stereocenters. The molecule has 2 aromatic rings. The topological polar surface area (TPSA) is 41.5 Å². The average Bonchev–Trinajstić information content (AvgIpc) is 2.81. The Morgan fingerprint density at radius 3 is 2.82 bits per heavy atom. The molecule has 1 aliphatic heterocycles. The third kappa shape index (κ3) is 2.19. The highest BCUT2D eigenvalue weighted by molar-refractivity contribution is 5.85. The predicted octanol–water partition coefficient (Wildman–Crippen LogP) is 2.29. The van der Waals surface area contributed by atoms with Crippen LogP contribution in [0.3, 0.4) is 0 Å². The monoisotopic (exact) mass is 229 g/mol. The highest BCUT2D eigenvalue weighted by Crippen LogP contribution is 2.25. The molecule has 1 heterocycles. The maximum atomic E-state index is 9.45. The maximum absolute atomic E-state index is 9.45. The molecule has 1 fully saturated rings. The van der Waals surface area contributed by atoms with Gasteiger partial charge in [0.05, 0.1) is 0 Å². The number of hydrogen-bond acceptors (Lipinski definition) is 3. The van der Waals surface area contributed by atoms with Crippen molar-refractivity contribution in [1.82, 2.24) is 5.32 Å². The number of hydrogen-bond donors (Lipinski definition) is 2. The lowest BCUT2D eigenvalue weighted by Crippen LogP contribution is -2.19. The second-order valence-electron chi connectivity index (χ2n) is 4.43. The van der Waals surface area contributed by atoms with Crippen molar-refractivity contribution in [2.24, 2.45) is 0 Å². The van der Waals surface area contributed by atoms with E-state index in [0.717, 1.165) is 36.0 Å². The smallest absolute Gasteiger partial charge is 0.120 e. The number of ether oxygens (including phenoxy) is 1. The lowest BCUT2D eigenvalue weighted by Gasteiger charge is -2.12. The Morgan fingerprint density at radius 1 is 1.12 bits per heavy atom. The second-order valence-corrected chi connectivity index (χ2v) is 4.43. The zero-order valence-electron chi connectivity index (χ0n) is 9.52. The van der Waals surface area contributed by atoms with Crippen LogP contribution in [0.15, 0.2) is 36.4 Å². The number of aromatic hydroxyl groups is 1. The summed E-state index contributed by atoms with van der Waals surface area (Å²) in [6.45, 7) is 1.94. The van der Waals surface area contributed by atoms with Gasteiger partial charge in [0, 0.05) is 6.54 Å². The van der Waals surface area contributed by atoms with Crippen molar-refractivity contribution in [3.05, 3.63) is 36.4 Å². The second kappa shape index (κ2) is 4.26. The summed E-state index contributed by atoms with van der Waals surface area (Å²) >= 11 is 0. The van der Waals surface area contributed by atoms with E-state index in [-0.39, 0.29) is 11.9 Å². The minimum Gasteiger partial charge on any atom is -0.508 e. The predicted molar refractivity (Wildman–Crippen MR) is 67.5 cm³/mol. The molecule has 1 atom stereocenters. The summed E-state index contributed by atoms with van der Waals surface area (Å²) in [5.74, 6) is 1.16. The van der Waals surface area contributed by atoms with E-state index in [1.54, 1.807) is 12.1 Å². The maximum Gasteiger partial charge on any atom is 0.120 e. The summed E-state index contributed by atoms with van der Waals surface area (Å²) in [6, 6.07) is 11.3. The summed E-state index contributed by atoms with van der Waals surface area (Å²) < 4.78 is 5.88. The lowest BCUT2D eigenvalue weighted by atomic mass is 10.1. The van der Waals surface area contributed by atoms with Crippen LogP contribution in [0.25, 0.3) is 10.8 Å². The number of rotatable bonds is 2. The molecule has 0 spiro atoms. The third-order valence-electron chi connectivity index (χ3n) is 3.11. The highest BCUT2D eigenvalue weighted by Gasteiger charge is 2.15. The minimum atomic E-state index is 0.268. The molecule has 0 bridgehead atoms. The van der Waals surface area contributed by atoms with Crippen molar-refractivity contribution in [3.63, 3.8) is 0 Å². The number of phenolic OH excluding ortho intramolecular Hbond substituents is 1. The normalized spacial score (nSPS) is 19.6. The highest BCUT2D eigenvalue weighted by atomic mass is 16.5. The van der Waals surface area contributed by atoms with E-state index >= 15 is 0 Å². The molecule has 0 aliphatic carbocycles. The van der Waals surface area contributed by atoms with Gasteiger partial charge in [0.15, 0.2) is 0 Å². The third-order valence-corrected chi connectivity index (χ3v) is 3.11. The molecular formula is C14H15NO2. The van der Waals surface area contributed by atoms with Gasteiger partial charge in [0.1, 0.15) is 17.6 Å². The van der Waals surface area contributed by atoms with Crippen LogP contribution in [0.1, 0.15) is 6.42 Å². The van der Waals surface area contributed by atoms with E-state index in [1.807, 2.05) is 24.3 Å². The number of nitrogens with one attached hydrogen (secondary N) is 1. The number of fused-ring (bicyclic) bond motifs is 1. The first-order chi connectivity index (χ1) is 8.31. The first kappa shape index (κ1) is 10.4. The summed E-state index contributed by atoms with van der Waals surface area (Å²) in [5.41, 5.74) is 0. The van der Waals surface area contributed by atoms with Crippen LogP contribution in [0, 0.1) is 0 Å². The lowest BCUT2D eigenvalue weighted by molar-refractivity contribution is 0.223. The molecule has 3 nitrogen and oxygen atoms in total. The summed E-state index contributed by atoms with van der Waals surface area (Å²) in [4.78, 5) is 0. The van der Waals surface area contributed by atoms with Gasteiger partial charge in [0.25, 0.3) is 0 Å². The van der Waals surface area contributed by atoms with Crippen LogP contribution < -0.4 is 10.1 Å². The van der Waals surface area contributed by atoms with Gasteiger partial charge >= 0.3 is 0 Å². The zero-order valence-corrected chi connectivity index (χ0v) is 9.52. The van der Waals surface area contributed by atoms with E-state index in [1.165, 1.54) is 0 Å². The molecule has 3 heteroatoms. The Bertz CT molecular complexity index is 533. The fraction of sp³-hybridized carbons (Fsp3) is 0.286. The van der Waals surface area contributed by atoms with Crippen molar-refractivity contribution < 1.29 is 9.84 Å². The van der Waals surface area contributed by atoms with Gasteiger partial charge in [-0.3, -0.25) is 0 Å². The molecule has 0 saturated carbocycles. The first-order valence-electron chi connectivity index (χ1n) is 5.91. The van der Waals surface area contributed by atoms with Crippen molar-refractivity contribution in [2.45, 2.75) is 12.5 Å². The molecule has 1 aliphatic rings. The minimum absolute atomic E-state index is 0.268. The van der Waals surface area contributed by atoms with E-state index < -0.39 is 0 Å². The van der Waals surface area contributed by atoms with Crippen LogP contribution in [-0.2, 0) is 0 Å². The fourth-order valence-electron chi connectivity index (χ4n) is 2.21. The largest absolute Gasteiger partial charge is 0.508 e. The van der Waals surface area contributed by atoms with Crippen LogP contribution in [0.5, 0.6) is 11.5 Å². The molecule has 2 N–H and O–H groups in total. The van der Waals surface area contributed by atoms with E-state index in [4.69, 9.17) is 4.74 Å². The molecule has 0 amide bonds. The van der Waals surface area contributed by atoms with E-state index in [0.29, 0.717) is 0 Å². The van der Waals surface area contributed by atoms with Crippen LogP contribution >= 0.6 is 0 Å². The summed E-state index contributed by atoms with van der Waals surface area (Å²) in [7, 11) is 0. The molecule has 17 heavy (non-hydrogen) atoms. The Balaban J connectivity index is 1.89. The Labute approximate surface area is 100 Å². The van der Waals surface area contributed by atoms with Gasteiger partial charge in [0.2, 0.25) is 0 Å². The molecule has 88 valence electrons. The summed E-state index contributed by atoms with van der Waals surface area (Å²) in [5, 5.41) is 14.8. The van der Waals surface area contributed by atoms with Crippen molar-refractivity contribution in [3.8, 4) is 11.5 Å². The van der Waals surface area contributed by atoms with Crippen LogP contribution in [0.4, 0.5) is 0 Å². The average molecular weight is 229 g/mol. The van der Waals surface area contributed by atoms with Crippen molar-refractivity contribution in [2.75, 3.05) is 13.1 Å². The van der Waals surface area contributed by atoms with Gasteiger partial charge in [-0.1, -0.05) is 12.1 Å². The summed E-state index contributed by atoms with van der Waals surface area (Å²) in [6.07, 6.45) is 1.32. The molecular weight excluding hydrogens is 214 g/mol. The molecule has 1 saturated heterocycles. The van der Waals surface area contributed by atoms with Gasteiger partial charge < -0.3 is 15.2 Å². The molecule has 2 aromatic carbocycles. The van der Waals surface area contributed by atoms with Gasteiger partial charge in [-0.2, -0.15) is 0 Å². The van der Waals surface area contributed by atoms with Crippen LogP contribution in [0.2, 0.25) is 0 Å². The van der Waals surface area contributed by atoms with Crippen molar-refractivity contribution in [1.29, 1.82) is 0 Å². The van der Waals surface area contributed by atoms with E-state index in [2.05, 4.69) is 5.32 Å². The zero-order chi connectivity index (χ0) is 11.7. The SMILES string of the molecule is Oc1ccc2ccc(OC3CCNC3)cc2c1. The standard InChI is InChI=1S/C14H15NO2/c16-12-3-1-10-2-4-13(8-11(10)7-12)17-14-5-6-15-9-14/h1-4,7-8,14-16H,5-6,9H2. The quantitative estimate of drug-likeness (QED) is 0.830. The van der Waals surface area contributed by atoms with Crippen molar-refractivity contribution >= 4 is 10.8 Å². The number of benzene rings is 2. The van der Waals surface area contributed by atoms with E-state index in [9.17, 15) is 5.11 Å². The molecule has 0 radical (unpaired) electrons. The van der Waals surface area contributed by atoms with Gasteiger partial charge in [-0.25, -0.2) is 0 Å². The Kier molecular flexibility index (Phi) is 2.61. The Morgan fingerprint density at radius 2 is 2.00 bits per heavy atom. The molecule has 0 aromatic heterocycles. The van der Waals surface area contributed by atoms with Crippen LogP contribution in [-0.4, -0.2) is 24.3 Å². The Hall–Kier alpha value is -1.74. The molecule has 3 rings (SSSR count). The van der Waals surface area contributed by atoms with Gasteiger partial charge in [-0.15, -0.1) is 0 Å². The van der Waals surface area contributed by atoms with Gasteiger partial charge in [-0.05, 0) is 48.0 Å². The fourth-order valence-corrected chi connectivity index (χ4v) is 2.21. The first-order valence-corrected chi connectivity index (χ1v) is 5.91. The number of phenols is 1.